The monoisotopic (exact) mass is 824 g/mol. The molecule has 0 saturated carbocycles. The van der Waals surface area contributed by atoms with Crippen molar-refractivity contribution in [1.82, 2.24) is 0 Å². The summed E-state index contributed by atoms with van der Waals surface area (Å²) in [5.74, 6) is -2.61. The predicted octanol–water partition coefficient (Wildman–Crippen LogP) is 5.83. The third-order valence-corrected chi connectivity index (χ3v) is 8.03. The van der Waals surface area contributed by atoms with Gasteiger partial charge in [0.2, 0.25) is 0 Å². The summed E-state index contributed by atoms with van der Waals surface area (Å²) in [5.41, 5.74) is 0.686. The third-order valence-electron chi connectivity index (χ3n) is 8.03. The molecule has 1 aliphatic rings. The van der Waals surface area contributed by atoms with Gasteiger partial charge in [-0.1, -0.05) is 13.2 Å². The highest BCUT2D eigenvalue weighted by molar-refractivity contribution is 5.93. The van der Waals surface area contributed by atoms with Crippen LogP contribution in [0, 0.1) is 0 Å². The molecule has 1 heterocycles. The summed E-state index contributed by atoms with van der Waals surface area (Å²) in [6.07, 6.45) is 0.317. The van der Waals surface area contributed by atoms with E-state index in [9.17, 15) is 28.8 Å². The van der Waals surface area contributed by atoms with Gasteiger partial charge in [0.15, 0.2) is 0 Å². The molecule has 0 spiro atoms. The van der Waals surface area contributed by atoms with Crippen LogP contribution in [-0.2, 0) is 38.0 Å². The molecular weight excluding hydrogens is 784 g/mol. The Morgan fingerprint density at radius 2 is 0.783 bits per heavy atom. The lowest BCUT2D eigenvalue weighted by atomic mass is 10.2. The van der Waals surface area contributed by atoms with Crippen LogP contribution in [0.15, 0.2) is 122 Å². The zero-order chi connectivity index (χ0) is 42.7. The summed E-state index contributed by atoms with van der Waals surface area (Å²) in [6.45, 7) is 7.74. The van der Waals surface area contributed by atoms with Gasteiger partial charge in [-0.15, -0.1) is 0 Å². The Balaban J connectivity index is 1.05. The maximum atomic E-state index is 13.0. The lowest BCUT2D eigenvalue weighted by molar-refractivity contribution is -0.288. The number of carbonyl (C=O) groups is 6. The quantitative estimate of drug-likeness (QED) is 0.0339. The molecular formula is C44H40O16. The minimum Gasteiger partial charge on any atom is -0.493 e. The molecule has 0 N–H and O–H groups in total. The lowest BCUT2D eigenvalue weighted by Crippen LogP contribution is -2.44. The van der Waals surface area contributed by atoms with Gasteiger partial charge in [0.1, 0.15) is 23.0 Å². The van der Waals surface area contributed by atoms with Crippen LogP contribution in [0.4, 0.5) is 0 Å². The summed E-state index contributed by atoms with van der Waals surface area (Å²) in [5, 5.41) is 0. The molecule has 0 amide bonds. The highest BCUT2D eigenvalue weighted by Crippen LogP contribution is 2.22. The summed E-state index contributed by atoms with van der Waals surface area (Å²) >= 11 is 0. The van der Waals surface area contributed by atoms with Crippen LogP contribution in [0.3, 0.4) is 0 Å². The van der Waals surface area contributed by atoms with Crippen LogP contribution < -0.4 is 18.9 Å². The van der Waals surface area contributed by atoms with Crippen molar-refractivity contribution in [3.8, 4) is 23.0 Å². The van der Waals surface area contributed by atoms with Gasteiger partial charge in [0.25, 0.3) is 12.6 Å². The molecule has 4 aromatic rings. The zero-order valence-electron chi connectivity index (χ0n) is 32.2. The number of carbonyl (C=O) groups excluding carboxylic acids is 6. The Kier molecular flexibility index (Phi) is 16.5. The van der Waals surface area contributed by atoms with E-state index < -0.39 is 48.4 Å². The van der Waals surface area contributed by atoms with E-state index in [1.807, 2.05) is 0 Å². The van der Waals surface area contributed by atoms with Gasteiger partial charge in [0.05, 0.1) is 61.9 Å². The molecule has 1 aliphatic heterocycles. The van der Waals surface area contributed by atoms with E-state index in [2.05, 4.69) is 13.2 Å². The molecule has 0 radical (unpaired) electrons. The molecule has 2 atom stereocenters. The predicted molar refractivity (Wildman–Crippen MR) is 209 cm³/mol. The van der Waals surface area contributed by atoms with Gasteiger partial charge in [-0.25, -0.2) is 28.8 Å². The number of hydrogen-bond donors (Lipinski definition) is 0. The van der Waals surface area contributed by atoms with E-state index >= 15 is 0 Å². The molecule has 0 aliphatic carbocycles. The van der Waals surface area contributed by atoms with Gasteiger partial charge in [-0.05, 0) is 97.1 Å². The Bertz CT molecular complexity index is 1960. The van der Waals surface area contributed by atoms with Crippen molar-refractivity contribution in [2.24, 2.45) is 0 Å². The smallest absolute Gasteiger partial charge is 0.343 e. The molecule has 0 aromatic heterocycles. The first kappa shape index (κ1) is 43.8. The van der Waals surface area contributed by atoms with Crippen molar-refractivity contribution in [1.29, 1.82) is 0 Å². The summed E-state index contributed by atoms with van der Waals surface area (Å²) in [6, 6.07) is 23.7. The lowest BCUT2D eigenvalue weighted by Gasteiger charge is -2.30. The Labute approximate surface area is 344 Å². The van der Waals surface area contributed by atoms with Crippen LogP contribution >= 0.6 is 0 Å². The van der Waals surface area contributed by atoms with Gasteiger partial charge < -0.3 is 47.4 Å². The highest BCUT2D eigenvalue weighted by Gasteiger charge is 2.34. The van der Waals surface area contributed by atoms with E-state index in [0.717, 1.165) is 12.2 Å². The number of hydrogen-bond acceptors (Lipinski definition) is 16. The Hall–Kier alpha value is -7.30. The first-order chi connectivity index (χ1) is 29.1. The second-order valence-corrected chi connectivity index (χ2v) is 12.3. The second kappa shape index (κ2) is 22.6. The normalized spacial score (nSPS) is 14.3. The molecule has 16 heteroatoms. The fourth-order valence-corrected chi connectivity index (χ4v) is 5.00. The number of benzene rings is 4. The molecule has 5 rings (SSSR count). The largest absolute Gasteiger partial charge is 0.493 e. The van der Waals surface area contributed by atoms with Crippen molar-refractivity contribution >= 4 is 35.8 Å². The second-order valence-electron chi connectivity index (χ2n) is 12.3. The Morgan fingerprint density at radius 1 is 0.467 bits per heavy atom. The van der Waals surface area contributed by atoms with E-state index in [4.69, 9.17) is 47.4 Å². The van der Waals surface area contributed by atoms with Crippen molar-refractivity contribution in [3.05, 3.63) is 145 Å². The van der Waals surface area contributed by atoms with E-state index in [1.54, 1.807) is 24.3 Å². The van der Waals surface area contributed by atoms with Gasteiger partial charge in [0, 0.05) is 25.0 Å². The average molecular weight is 825 g/mol. The topological polar surface area (TPSA) is 195 Å². The van der Waals surface area contributed by atoms with Gasteiger partial charge >= 0.3 is 35.8 Å². The third kappa shape index (κ3) is 13.7. The van der Waals surface area contributed by atoms with Crippen LogP contribution in [0.25, 0.3) is 0 Å². The molecule has 312 valence electrons. The SMILES string of the molecule is C=CC(=O)OCCCOc1ccc(C(=O)Oc2ccc(C(=O)OC3OCCOC3OC(=O)c3ccc(OC(=O)c4ccc(OCCCOC(=O)C=C)cc4)cc3)cc2)cc1. The molecule has 16 nitrogen and oxygen atoms in total. The van der Waals surface area contributed by atoms with Crippen LogP contribution in [0.1, 0.15) is 54.3 Å². The number of ether oxygens (including phenoxy) is 10. The summed E-state index contributed by atoms with van der Waals surface area (Å²) < 4.78 is 53.7. The van der Waals surface area contributed by atoms with Crippen molar-refractivity contribution in [3.63, 3.8) is 0 Å². The van der Waals surface area contributed by atoms with E-state index in [0.29, 0.717) is 37.6 Å². The summed E-state index contributed by atoms with van der Waals surface area (Å²) in [7, 11) is 0. The van der Waals surface area contributed by atoms with E-state index in [1.165, 1.54) is 72.8 Å². The van der Waals surface area contributed by atoms with E-state index in [-0.39, 0.29) is 60.2 Å². The summed E-state index contributed by atoms with van der Waals surface area (Å²) in [4.78, 5) is 73.5. The minimum atomic E-state index is -1.39. The van der Waals surface area contributed by atoms with Crippen molar-refractivity contribution in [2.45, 2.75) is 25.4 Å². The molecule has 1 fully saturated rings. The minimum absolute atomic E-state index is 0.0616. The Morgan fingerprint density at radius 3 is 1.12 bits per heavy atom. The first-order valence-corrected chi connectivity index (χ1v) is 18.5. The zero-order valence-corrected chi connectivity index (χ0v) is 32.2. The highest BCUT2D eigenvalue weighted by atomic mass is 16.8. The molecule has 1 saturated heterocycles. The average Bonchev–Trinajstić information content (AvgIpc) is 3.27. The van der Waals surface area contributed by atoms with Crippen molar-refractivity contribution in [2.75, 3.05) is 39.6 Å². The maximum absolute atomic E-state index is 13.0. The fourth-order valence-electron chi connectivity index (χ4n) is 5.00. The number of rotatable bonds is 20. The molecule has 60 heavy (non-hydrogen) atoms. The molecule has 4 aromatic carbocycles. The molecule has 0 bridgehead atoms. The van der Waals surface area contributed by atoms with Crippen LogP contribution in [-0.4, -0.2) is 88.0 Å². The maximum Gasteiger partial charge on any atom is 0.343 e. The van der Waals surface area contributed by atoms with Gasteiger partial charge in [-0.3, -0.25) is 0 Å². The fraction of sp³-hybridized carbons (Fsp3) is 0.227. The van der Waals surface area contributed by atoms with Crippen molar-refractivity contribution < 1.29 is 76.1 Å². The first-order valence-electron chi connectivity index (χ1n) is 18.5. The molecule has 2 unspecified atom stereocenters. The number of esters is 6. The van der Waals surface area contributed by atoms with Crippen LogP contribution in [0.2, 0.25) is 0 Å². The van der Waals surface area contributed by atoms with Gasteiger partial charge in [-0.2, -0.15) is 0 Å². The van der Waals surface area contributed by atoms with Crippen LogP contribution in [0.5, 0.6) is 23.0 Å². The standard InChI is InChI=1S/C44H40O16/c1-3-37(45)53-25-5-23-51-33-15-7-29(8-16-33)39(47)57-35-19-11-31(12-20-35)41(49)59-43-44(56-28-27-55-43)60-42(50)32-13-21-36(22-14-32)58-40(48)30-9-17-34(18-10-30)52-24-6-26-54-38(46)4-2/h3-4,7-22,43-44H,1-2,5-6,23-28H2.